The quantitative estimate of drug-likeness (QED) is 0.669. The van der Waals surface area contributed by atoms with Crippen LogP contribution >= 0.6 is 0 Å². The molecule has 1 aliphatic carbocycles. The zero-order valence-corrected chi connectivity index (χ0v) is 8.20. The van der Waals surface area contributed by atoms with E-state index in [4.69, 9.17) is 14.2 Å². The van der Waals surface area contributed by atoms with Crippen LogP contribution in [-0.2, 0) is 14.2 Å². The zero-order chi connectivity index (χ0) is 9.10. The fraction of sp³-hybridized carbons (Fsp3) is 1.00. The molecular weight excluding hydrogens is 168 g/mol. The molecule has 1 heterocycles. The van der Waals surface area contributed by atoms with Gasteiger partial charge in [-0.3, -0.25) is 0 Å². The number of hydrogen-bond donors (Lipinski definition) is 0. The largest absolute Gasteiger partial charge is 0.381 e. The highest BCUT2D eigenvalue weighted by Gasteiger charge is 2.35. The number of rotatable bonds is 3. The predicted octanol–water partition coefficient (Wildman–Crippen LogP) is 1.56. The summed E-state index contributed by atoms with van der Waals surface area (Å²) in [6, 6.07) is 0. The Morgan fingerprint density at radius 3 is 2.92 bits per heavy atom. The maximum atomic E-state index is 5.49. The Kier molecular flexibility index (Phi) is 3.19. The molecule has 3 unspecified atom stereocenters. The minimum absolute atomic E-state index is 0.346. The van der Waals surface area contributed by atoms with Gasteiger partial charge in [-0.15, -0.1) is 0 Å². The lowest BCUT2D eigenvalue weighted by Gasteiger charge is -2.29. The van der Waals surface area contributed by atoms with E-state index in [2.05, 4.69) is 0 Å². The summed E-state index contributed by atoms with van der Waals surface area (Å²) in [7, 11) is 0. The van der Waals surface area contributed by atoms with Crippen molar-refractivity contribution in [3.05, 3.63) is 0 Å². The van der Waals surface area contributed by atoms with Gasteiger partial charge in [-0.2, -0.15) is 0 Å². The van der Waals surface area contributed by atoms with E-state index >= 15 is 0 Å². The Bertz CT molecular complexity index is 160. The van der Waals surface area contributed by atoms with Gasteiger partial charge in [0.25, 0.3) is 0 Å². The third kappa shape index (κ3) is 2.22. The second-order valence-electron chi connectivity index (χ2n) is 3.87. The SMILES string of the molecule is CCOCC1CCC2OCOC2C1. The van der Waals surface area contributed by atoms with Crippen LogP contribution in [0.15, 0.2) is 0 Å². The van der Waals surface area contributed by atoms with E-state index < -0.39 is 0 Å². The first kappa shape index (κ1) is 9.44. The van der Waals surface area contributed by atoms with Gasteiger partial charge in [-0.25, -0.2) is 0 Å². The van der Waals surface area contributed by atoms with Gasteiger partial charge in [-0.05, 0) is 32.1 Å². The molecule has 2 rings (SSSR count). The fourth-order valence-corrected chi connectivity index (χ4v) is 2.20. The first-order valence-electron chi connectivity index (χ1n) is 5.21. The van der Waals surface area contributed by atoms with E-state index in [1.165, 1.54) is 6.42 Å². The van der Waals surface area contributed by atoms with Crippen molar-refractivity contribution in [2.75, 3.05) is 20.0 Å². The Morgan fingerprint density at radius 2 is 2.08 bits per heavy atom. The van der Waals surface area contributed by atoms with Crippen LogP contribution in [-0.4, -0.2) is 32.2 Å². The van der Waals surface area contributed by atoms with Crippen LogP contribution in [0.2, 0.25) is 0 Å². The van der Waals surface area contributed by atoms with Gasteiger partial charge in [0.1, 0.15) is 6.79 Å². The molecule has 0 aromatic carbocycles. The van der Waals surface area contributed by atoms with Crippen molar-refractivity contribution in [1.29, 1.82) is 0 Å². The van der Waals surface area contributed by atoms with Crippen LogP contribution in [0, 0.1) is 5.92 Å². The first-order chi connectivity index (χ1) is 6.40. The Labute approximate surface area is 79.4 Å². The maximum absolute atomic E-state index is 5.49. The van der Waals surface area contributed by atoms with Gasteiger partial charge in [0, 0.05) is 13.2 Å². The van der Waals surface area contributed by atoms with Crippen molar-refractivity contribution in [2.24, 2.45) is 5.92 Å². The van der Waals surface area contributed by atoms with Crippen molar-refractivity contribution in [3.63, 3.8) is 0 Å². The highest BCUT2D eigenvalue weighted by Crippen LogP contribution is 2.32. The Balaban J connectivity index is 1.76. The highest BCUT2D eigenvalue weighted by atomic mass is 16.7. The minimum atomic E-state index is 0.346. The van der Waals surface area contributed by atoms with Crippen molar-refractivity contribution in [2.45, 2.75) is 38.4 Å². The predicted molar refractivity (Wildman–Crippen MR) is 48.4 cm³/mol. The summed E-state index contributed by atoms with van der Waals surface area (Å²) >= 11 is 0. The summed E-state index contributed by atoms with van der Waals surface area (Å²) < 4.78 is 16.4. The molecule has 1 saturated carbocycles. The standard InChI is InChI=1S/C10H18O3/c1-2-11-6-8-3-4-9-10(5-8)13-7-12-9/h8-10H,2-7H2,1H3. The van der Waals surface area contributed by atoms with E-state index in [1.54, 1.807) is 0 Å². The van der Waals surface area contributed by atoms with Gasteiger partial charge in [0.15, 0.2) is 0 Å². The minimum Gasteiger partial charge on any atom is -0.381 e. The van der Waals surface area contributed by atoms with Gasteiger partial charge in [0.2, 0.25) is 0 Å². The average Bonchev–Trinajstić information content (AvgIpc) is 2.61. The van der Waals surface area contributed by atoms with Crippen molar-refractivity contribution in [1.82, 2.24) is 0 Å². The number of fused-ring (bicyclic) bond motifs is 1. The van der Waals surface area contributed by atoms with Gasteiger partial charge < -0.3 is 14.2 Å². The van der Waals surface area contributed by atoms with Crippen LogP contribution in [0.1, 0.15) is 26.2 Å². The zero-order valence-electron chi connectivity index (χ0n) is 8.20. The number of ether oxygens (including phenoxy) is 3. The summed E-state index contributed by atoms with van der Waals surface area (Å²) in [6.07, 6.45) is 4.20. The maximum Gasteiger partial charge on any atom is 0.147 e. The average molecular weight is 186 g/mol. The van der Waals surface area contributed by atoms with E-state index in [0.29, 0.717) is 24.9 Å². The molecule has 3 heteroatoms. The molecule has 1 aliphatic heterocycles. The summed E-state index contributed by atoms with van der Waals surface area (Å²) in [5.74, 6) is 0.683. The van der Waals surface area contributed by atoms with Crippen LogP contribution in [0.25, 0.3) is 0 Å². The molecule has 0 radical (unpaired) electrons. The molecule has 76 valence electrons. The molecule has 0 bridgehead atoms. The highest BCUT2D eigenvalue weighted by molar-refractivity contribution is 4.83. The molecule has 3 nitrogen and oxygen atoms in total. The summed E-state index contributed by atoms with van der Waals surface area (Å²) in [4.78, 5) is 0. The molecule has 13 heavy (non-hydrogen) atoms. The normalized spacial score (nSPS) is 39.0. The second-order valence-corrected chi connectivity index (χ2v) is 3.87. The van der Waals surface area contributed by atoms with Gasteiger partial charge in [0.05, 0.1) is 12.2 Å². The summed E-state index contributed by atoms with van der Waals surface area (Å²) in [6.45, 7) is 4.25. The molecule has 0 N–H and O–H groups in total. The smallest absolute Gasteiger partial charge is 0.147 e. The Morgan fingerprint density at radius 1 is 1.23 bits per heavy atom. The fourth-order valence-electron chi connectivity index (χ4n) is 2.20. The van der Waals surface area contributed by atoms with Crippen LogP contribution in [0.5, 0.6) is 0 Å². The van der Waals surface area contributed by atoms with Crippen LogP contribution in [0.3, 0.4) is 0 Å². The molecule has 3 atom stereocenters. The number of hydrogen-bond acceptors (Lipinski definition) is 3. The van der Waals surface area contributed by atoms with Gasteiger partial charge >= 0.3 is 0 Å². The molecule has 0 amide bonds. The summed E-state index contributed by atoms with van der Waals surface area (Å²) in [5, 5.41) is 0. The lowest BCUT2D eigenvalue weighted by Crippen LogP contribution is -2.32. The van der Waals surface area contributed by atoms with Gasteiger partial charge in [-0.1, -0.05) is 0 Å². The van der Waals surface area contributed by atoms with E-state index in [9.17, 15) is 0 Å². The summed E-state index contributed by atoms with van der Waals surface area (Å²) in [5.41, 5.74) is 0. The van der Waals surface area contributed by atoms with E-state index in [1.807, 2.05) is 6.92 Å². The van der Waals surface area contributed by atoms with Crippen molar-refractivity contribution < 1.29 is 14.2 Å². The molecular formula is C10H18O3. The topological polar surface area (TPSA) is 27.7 Å². The molecule has 2 aliphatic rings. The van der Waals surface area contributed by atoms with Crippen LogP contribution < -0.4 is 0 Å². The lowest BCUT2D eigenvalue weighted by atomic mass is 9.86. The van der Waals surface area contributed by atoms with E-state index in [-0.39, 0.29) is 0 Å². The van der Waals surface area contributed by atoms with Crippen molar-refractivity contribution in [3.8, 4) is 0 Å². The lowest BCUT2D eigenvalue weighted by molar-refractivity contribution is 0.0291. The monoisotopic (exact) mass is 186 g/mol. The first-order valence-corrected chi connectivity index (χ1v) is 5.21. The van der Waals surface area contributed by atoms with E-state index in [0.717, 1.165) is 26.1 Å². The van der Waals surface area contributed by atoms with Crippen molar-refractivity contribution >= 4 is 0 Å². The third-order valence-electron chi connectivity index (χ3n) is 2.96. The molecule has 0 aromatic heterocycles. The second kappa shape index (κ2) is 4.40. The Hall–Kier alpha value is -0.120. The molecule has 0 aromatic rings. The van der Waals surface area contributed by atoms with Crippen LogP contribution in [0.4, 0.5) is 0 Å². The molecule has 2 fully saturated rings. The molecule has 0 spiro atoms. The third-order valence-corrected chi connectivity index (χ3v) is 2.96. The molecule has 1 saturated heterocycles.